The SMILES string of the molecule is CC(C)CCCc1c(-c2ccc(CS(=O)[O-])cc2)cnn(-c2ccc(F)cc2)c1=O. The topological polar surface area (TPSA) is 75.0 Å². The van der Waals surface area contributed by atoms with Crippen molar-refractivity contribution >= 4 is 11.1 Å². The zero-order chi connectivity index (χ0) is 21.7. The lowest BCUT2D eigenvalue weighted by Crippen LogP contribution is -2.25. The highest BCUT2D eigenvalue weighted by atomic mass is 32.2. The minimum Gasteiger partial charge on any atom is -0.772 e. The van der Waals surface area contributed by atoms with E-state index in [1.54, 1.807) is 18.3 Å². The quantitative estimate of drug-likeness (QED) is 0.500. The van der Waals surface area contributed by atoms with Crippen LogP contribution in [0.3, 0.4) is 0 Å². The van der Waals surface area contributed by atoms with Crippen molar-refractivity contribution in [2.24, 2.45) is 5.92 Å². The van der Waals surface area contributed by atoms with Crippen LogP contribution in [0.2, 0.25) is 0 Å². The molecule has 3 rings (SSSR count). The van der Waals surface area contributed by atoms with E-state index in [4.69, 9.17) is 0 Å². The first-order chi connectivity index (χ1) is 14.3. The van der Waals surface area contributed by atoms with Crippen molar-refractivity contribution in [3.05, 3.63) is 82.0 Å². The Morgan fingerprint density at radius 1 is 1.10 bits per heavy atom. The van der Waals surface area contributed by atoms with Gasteiger partial charge in [0.05, 0.1) is 11.9 Å². The molecule has 0 bridgehead atoms. The average Bonchev–Trinajstić information content (AvgIpc) is 2.70. The molecule has 0 aliphatic carbocycles. The predicted octanol–water partition coefficient (Wildman–Crippen LogP) is 4.40. The van der Waals surface area contributed by atoms with E-state index in [0.717, 1.165) is 24.0 Å². The van der Waals surface area contributed by atoms with Gasteiger partial charge in [0, 0.05) is 16.9 Å². The molecule has 0 saturated carbocycles. The number of rotatable bonds is 8. The van der Waals surface area contributed by atoms with Crippen LogP contribution in [0.25, 0.3) is 16.8 Å². The molecule has 0 radical (unpaired) electrons. The van der Waals surface area contributed by atoms with E-state index in [0.29, 0.717) is 29.2 Å². The van der Waals surface area contributed by atoms with Crippen molar-refractivity contribution in [1.82, 2.24) is 9.78 Å². The highest BCUT2D eigenvalue weighted by Crippen LogP contribution is 2.24. The van der Waals surface area contributed by atoms with Crippen molar-refractivity contribution in [3.8, 4) is 16.8 Å². The normalized spacial score (nSPS) is 12.3. The molecule has 5 nitrogen and oxygen atoms in total. The van der Waals surface area contributed by atoms with Crippen LogP contribution in [0, 0.1) is 11.7 Å². The predicted molar refractivity (Wildman–Crippen MR) is 116 cm³/mol. The lowest BCUT2D eigenvalue weighted by atomic mass is 9.96. The summed E-state index contributed by atoms with van der Waals surface area (Å²) in [5.41, 5.74) is 3.15. The van der Waals surface area contributed by atoms with E-state index in [1.165, 1.54) is 28.9 Å². The Morgan fingerprint density at radius 3 is 2.37 bits per heavy atom. The fraction of sp³-hybridized carbons (Fsp3) is 0.304. The first-order valence-corrected chi connectivity index (χ1v) is 11.1. The molecule has 1 unspecified atom stereocenters. The summed E-state index contributed by atoms with van der Waals surface area (Å²) < 4.78 is 36.4. The Bertz CT molecular complexity index is 1080. The van der Waals surface area contributed by atoms with Gasteiger partial charge >= 0.3 is 0 Å². The number of hydrogen-bond acceptors (Lipinski definition) is 4. The summed E-state index contributed by atoms with van der Waals surface area (Å²) in [6.45, 7) is 4.28. The monoisotopic (exact) mass is 427 g/mol. The maximum absolute atomic E-state index is 13.3. The highest BCUT2D eigenvalue weighted by molar-refractivity contribution is 7.78. The van der Waals surface area contributed by atoms with E-state index in [1.807, 2.05) is 12.1 Å². The molecule has 1 atom stereocenters. The third-order valence-electron chi connectivity index (χ3n) is 4.91. The maximum atomic E-state index is 13.3. The average molecular weight is 428 g/mol. The van der Waals surface area contributed by atoms with Gasteiger partial charge in [0.25, 0.3) is 5.56 Å². The second kappa shape index (κ2) is 9.91. The number of benzene rings is 2. The number of hydrogen-bond donors (Lipinski definition) is 0. The molecule has 2 aromatic carbocycles. The second-order valence-corrected chi connectivity index (χ2v) is 8.56. The lowest BCUT2D eigenvalue weighted by Gasteiger charge is -2.14. The molecule has 1 aromatic heterocycles. The Kier molecular flexibility index (Phi) is 7.29. The van der Waals surface area contributed by atoms with Gasteiger partial charge < -0.3 is 4.55 Å². The van der Waals surface area contributed by atoms with E-state index < -0.39 is 11.1 Å². The van der Waals surface area contributed by atoms with Gasteiger partial charge in [-0.2, -0.15) is 9.78 Å². The minimum atomic E-state index is -2.15. The Labute approximate surface area is 177 Å². The summed E-state index contributed by atoms with van der Waals surface area (Å²) in [6.07, 6.45) is 4.10. The molecule has 30 heavy (non-hydrogen) atoms. The molecule has 0 spiro atoms. The standard InChI is InChI=1S/C23H25FN2O3S/c1-16(2)4-3-5-21-22(18-8-6-17(7-9-18)15-30(28)29)14-25-26(23(21)27)20-12-10-19(24)11-13-20/h6-14,16H,3-5,15H2,1-2H3,(H,28,29)/p-1. The van der Waals surface area contributed by atoms with Gasteiger partial charge in [-0.15, -0.1) is 0 Å². The molecule has 0 saturated heterocycles. The second-order valence-electron chi connectivity index (χ2n) is 7.66. The van der Waals surface area contributed by atoms with E-state index in [9.17, 15) is 17.9 Å². The van der Waals surface area contributed by atoms with E-state index in [-0.39, 0.29) is 17.1 Å². The summed E-state index contributed by atoms with van der Waals surface area (Å²) >= 11 is -2.15. The van der Waals surface area contributed by atoms with Crippen molar-refractivity contribution in [2.75, 3.05) is 0 Å². The molecule has 158 valence electrons. The van der Waals surface area contributed by atoms with Gasteiger partial charge in [0.2, 0.25) is 0 Å². The summed E-state index contributed by atoms with van der Waals surface area (Å²) in [5, 5.41) is 4.31. The molecule has 0 aliphatic rings. The van der Waals surface area contributed by atoms with Crippen LogP contribution in [-0.4, -0.2) is 18.5 Å². The minimum absolute atomic E-state index is 0.0497. The molecular weight excluding hydrogens is 403 g/mol. The Balaban J connectivity index is 2.03. The van der Waals surface area contributed by atoms with Crippen LogP contribution in [0.15, 0.2) is 59.5 Å². The molecule has 0 fully saturated rings. The Hall–Kier alpha value is -2.64. The Morgan fingerprint density at radius 2 is 1.77 bits per heavy atom. The van der Waals surface area contributed by atoms with Crippen LogP contribution >= 0.6 is 0 Å². The smallest absolute Gasteiger partial charge is 0.275 e. The van der Waals surface area contributed by atoms with Gasteiger partial charge in [0.15, 0.2) is 0 Å². The molecule has 1 heterocycles. The molecule has 0 N–H and O–H groups in total. The van der Waals surface area contributed by atoms with Gasteiger partial charge in [-0.3, -0.25) is 9.00 Å². The molecule has 0 amide bonds. The lowest BCUT2D eigenvalue weighted by molar-refractivity contribution is 0.536. The summed E-state index contributed by atoms with van der Waals surface area (Å²) in [5.74, 6) is 0.105. The first-order valence-electron chi connectivity index (χ1n) is 9.87. The van der Waals surface area contributed by atoms with Crippen molar-refractivity contribution in [2.45, 2.75) is 38.9 Å². The number of halogens is 1. The third kappa shape index (κ3) is 5.49. The number of aromatic nitrogens is 2. The highest BCUT2D eigenvalue weighted by Gasteiger charge is 2.14. The van der Waals surface area contributed by atoms with Crippen LogP contribution < -0.4 is 5.56 Å². The van der Waals surface area contributed by atoms with Crippen molar-refractivity contribution in [3.63, 3.8) is 0 Å². The first kappa shape index (κ1) is 22.1. The van der Waals surface area contributed by atoms with Crippen LogP contribution in [0.5, 0.6) is 0 Å². The van der Waals surface area contributed by atoms with Gasteiger partial charge in [-0.05, 0) is 54.2 Å². The zero-order valence-electron chi connectivity index (χ0n) is 17.0. The van der Waals surface area contributed by atoms with E-state index in [2.05, 4.69) is 18.9 Å². The largest absolute Gasteiger partial charge is 0.772 e. The summed E-state index contributed by atoms with van der Waals surface area (Å²) in [6, 6.07) is 12.8. The van der Waals surface area contributed by atoms with Crippen molar-refractivity contribution in [1.29, 1.82) is 0 Å². The van der Waals surface area contributed by atoms with Crippen LogP contribution in [0.1, 0.15) is 37.8 Å². The molecule has 3 aromatic rings. The fourth-order valence-corrected chi connectivity index (χ4v) is 3.81. The number of nitrogens with zero attached hydrogens (tertiary/aromatic N) is 2. The molecular formula is C23H24FN2O3S-. The maximum Gasteiger partial charge on any atom is 0.275 e. The fourth-order valence-electron chi connectivity index (χ4n) is 3.35. The third-order valence-corrected chi connectivity index (χ3v) is 5.48. The van der Waals surface area contributed by atoms with Gasteiger partial charge in [0.1, 0.15) is 5.82 Å². The summed E-state index contributed by atoms with van der Waals surface area (Å²) in [7, 11) is 0. The molecule has 7 heteroatoms. The zero-order valence-corrected chi connectivity index (χ0v) is 17.8. The van der Waals surface area contributed by atoms with Gasteiger partial charge in [-0.1, -0.05) is 55.6 Å². The molecule has 0 aliphatic heterocycles. The van der Waals surface area contributed by atoms with Crippen LogP contribution in [0.4, 0.5) is 4.39 Å². The van der Waals surface area contributed by atoms with Crippen LogP contribution in [-0.2, 0) is 23.3 Å². The van der Waals surface area contributed by atoms with E-state index >= 15 is 0 Å². The van der Waals surface area contributed by atoms with Gasteiger partial charge in [-0.25, -0.2) is 4.39 Å². The van der Waals surface area contributed by atoms with Crippen molar-refractivity contribution < 1.29 is 13.2 Å². The summed E-state index contributed by atoms with van der Waals surface area (Å²) in [4.78, 5) is 13.3.